The van der Waals surface area contributed by atoms with Gasteiger partial charge >= 0.3 is 0 Å². The Labute approximate surface area is 159 Å². The number of hydrogen-bond acceptors (Lipinski definition) is 3. The van der Waals surface area contributed by atoms with E-state index in [0.29, 0.717) is 0 Å². The molecule has 0 heterocycles. The summed E-state index contributed by atoms with van der Waals surface area (Å²) >= 11 is 0. The van der Waals surface area contributed by atoms with E-state index in [2.05, 4.69) is 45.9 Å². The largest absolute Gasteiger partial charge is 0.493 e. The first-order valence-corrected chi connectivity index (χ1v) is 9.69. The maximum atomic E-state index is 12.2. The smallest absolute Gasteiger partial charge is 0.200 e. The van der Waals surface area contributed by atoms with Gasteiger partial charge in [0.25, 0.3) is 0 Å². The lowest BCUT2D eigenvalue weighted by Gasteiger charge is -2.30. The molecule has 0 aromatic carbocycles. The molecule has 1 rings (SSSR count). The van der Waals surface area contributed by atoms with E-state index in [1.807, 2.05) is 6.92 Å². The van der Waals surface area contributed by atoms with E-state index in [1.54, 1.807) is 6.08 Å². The van der Waals surface area contributed by atoms with Crippen LogP contribution in [-0.2, 0) is 9.53 Å². The molecule has 0 spiro atoms. The van der Waals surface area contributed by atoms with Crippen LogP contribution in [0.25, 0.3) is 0 Å². The number of methoxy groups -OCH3 is 1. The Morgan fingerprint density at radius 1 is 1.08 bits per heavy atom. The van der Waals surface area contributed by atoms with Crippen molar-refractivity contribution in [2.24, 2.45) is 11.8 Å². The molecule has 0 aromatic heterocycles. The molecule has 1 aliphatic carbocycles. The Morgan fingerprint density at radius 3 is 2.23 bits per heavy atom. The molecule has 1 N–H and O–H groups in total. The fourth-order valence-corrected chi connectivity index (χ4v) is 3.26. The Kier molecular flexibility index (Phi) is 9.64. The molecular formula is C23H36O3. The third kappa shape index (κ3) is 7.33. The number of aliphatic hydroxyl groups excluding tert-OH is 1. The maximum absolute atomic E-state index is 12.2. The summed E-state index contributed by atoms with van der Waals surface area (Å²) in [4.78, 5) is 12.2. The number of ketones is 1. The lowest BCUT2D eigenvalue weighted by atomic mass is 9.78. The van der Waals surface area contributed by atoms with Crippen LogP contribution in [0.1, 0.15) is 66.7 Å². The van der Waals surface area contributed by atoms with Crippen LogP contribution in [0.3, 0.4) is 0 Å². The minimum atomic E-state index is -0.626. The first-order chi connectivity index (χ1) is 12.3. The van der Waals surface area contributed by atoms with Gasteiger partial charge in [-0.25, -0.2) is 0 Å². The number of carbonyl (C=O) groups is 1. The summed E-state index contributed by atoms with van der Waals surface area (Å²) in [6.45, 7) is 10.5. The summed E-state index contributed by atoms with van der Waals surface area (Å²) in [5, 5.41) is 10.3. The summed E-state index contributed by atoms with van der Waals surface area (Å²) in [5.41, 5.74) is 4.13. The molecule has 0 amide bonds. The Hall–Kier alpha value is -1.61. The van der Waals surface area contributed by atoms with E-state index in [-0.39, 0.29) is 23.4 Å². The Morgan fingerprint density at radius 2 is 1.65 bits per heavy atom. The van der Waals surface area contributed by atoms with Gasteiger partial charge in [0, 0.05) is 11.8 Å². The molecule has 1 aliphatic rings. The highest BCUT2D eigenvalue weighted by atomic mass is 16.5. The monoisotopic (exact) mass is 360 g/mol. The third-order valence-electron chi connectivity index (χ3n) is 5.14. The second kappa shape index (κ2) is 11.2. The zero-order chi connectivity index (χ0) is 19.7. The van der Waals surface area contributed by atoms with E-state index in [4.69, 9.17) is 4.74 Å². The number of ether oxygens (including phenoxy) is 1. The highest BCUT2D eigenvalue weighted by Gasteiger charge is 2.35. The molecule has 0 aromatic rings. The standard InChI is InChI=1S/C23H36O3/c1-16(2)9-7-10-17(3)11-8-12-18(4)13-14-20-19(5)23(25)22(26-6)15-21(20)24/h9,11,13,15,19-21,24H,7-8,10,12,14H2,1-6H3. The van der Waals surface area contributed by atoms with Crippen LogP contribution in [0, 0.1) is 11.8 Å². The van der Waals surface area contributed by atoms with Gasteiger partial charge in [0.2, 0.25) is 0 Å². The molecule has 3 unspecified atom stereocenters. The molecule has 3 atom stereocenters. The second-order valence-corrected chi connectivity index (χ2v) is 7.74. The number of hydrogen-bond donors (Lipinski definition) is 1. The Balaban J connectivity index is 2.50. The average molecular weight is 361 g/mol. The fraction of sp³-hybridized carbons (Fsp3) is 0.609. The molecule has 0 saturated carbocycles. The molecule has 3 nitrogen and oxygen atoms in total. The number of aliphatic hydroxyl groups is 1. The van der Waals surface area contributed by atoms with E-state index in [0.717, 1.165) is 32.1 Å². The fourth-order valence-electron chi connectivity index (χ4n) is 3.26. The SMILES string of the molecule is COC1=CC(O)C(CC=C(C)CCC=C(C)CCC=C(C)C)C(C)C1=O. The first-order valence-electron chi connectivity index (χ1n) is 9.69. The van der Waals surface area contributed by atoms with Gasteiger partial charge in [-0.2, -0.15) is 0 Å². The summed E-state index contributed by atoms with van der Waals surface area (Å²) in [5.74, 6) is -0.0108. The number of rotatable bonds is 9. The summed E-state index contributed by atoms with van der Waals surface area (Å²) in [6.07, 6.45) is 12.7. The van der Waals surface area contributed by atoms with E-state index in [1.165, 1.54) is 23.8 Å². The van der Waals surface area contributed by atoms with Gasteiger partial charge in [0.15, 0.2) is 11.5 Å². The zero-order valence-corrected chi connectivity index (χ0v) is 17.3. The minimum Gasteiger partial charge on any atom is -0.493 e. The predicted octanol–water partition coefficient (Wildman–Crippen LogP) is 5.52. The van der Waals surface area contributed by atoms with Gasteiger partial charge < -0.3 is 9.84 Å². The molecule has 0 bridgehead atoms. The van der Waals surface area contributed by atoms with Gasteiger partial charge in [0.1, 0.15) is 0 Å². The molecule has 0 radical (unpaired) electrons. The van der Waals surface area contributed by atoms with Crippen molar-refractivity contribution in [1.29, 1.82) is 0 Å². The molecule has 146 valence electrons. The predicted molar refractivity (Wildman–Crippen MR) is 109 cm³/mol. The van der Waals surface area contributed by atoms with Gasteiger partial charge in [0.05, 0.1) is 13.2 Å². The van der Waals surface area contributed by atoms with Crippen molar-refractivity contribution < 1.29 is 14.6 Å². The molecule has 3 heteroatoms. The lowest BCUT2D eigenvalue weighted by molar-refractivity contribution is -0.126. The maximum Gasteiger partial charge on any atom is 0.200 e. The van der Waals surface area contributed by atoms with Crippen LogP contribution < -0.4 is 0 Å². The molecule has 0 saturated heterocycles. The zero-order valence-electron chi connectivity index (χ0n) is 17.3. The van der Waals surface area contributed by atoms with Crippen molar-refractivity contribution in [3.05, 3.63) is 46.8 Å². The van der Waals surface area contributed by atoms with Gasteiger partial charge in [-0.05, 0) is 65.9 Å². The summed E-state index contributed by atoms with van der Waals surface area (Å²) in [7, 11) is 1.47. The molecule has 0 fully saturated rings. The summed E-state index contributed by atoms with van der Waals surface area (Å²) < 4.78 is 5.06. The van der Waals surface area contributed by atoms with Crippen molar-refractivity contribution in [2.75, 3.05) is 7.11 Å². The molecular weight excluding hydrogens is 324 g/mol. The van der Waals surface area contributed by atoms with Crippen molar-refractivity contribution in [1.82, 2.24) is 0 Å². The molecule has 0 aliphatic heterocycles. The van der Waals surface area contributed by atoms with E-state index < -0.39 is 6.10 Å². The normalized spacial score (nSPS) is 24.3. The van der Waals surface area contributed by atoms with Crippen LogP contribution in [0.2, 0.25) is 0 Å². The second-order valence-electron chi connectivity index (χ2n) is 7.74. The van der Waals surface area contributed by atoms with Crippen molar-refractivity contribution in [3.63, 3.8) is 0 Å². The molecule has 26 heavy (non-hydrogen) atoms. The number of allylic oxidation sites excluding steroid dienone is 7. The van der Waals surface area contributed by atoms with Gasteiger partial charge in [-0.15, -0.1) is 0 Å². The van der Waals surface area contributed by atoms with Crippen LogP contribution in [-0.4, -0.2) is 24.1 Å². The minimum absolute atomic E-state index is 0.0104. The van der Waals surface area contributed by atoms with E-state index in [9.17, 15) is 9.90 Å². The number of carbonyl (C=O) groups excluding carboxylic acids is 1. The Bertz CT molecular complexity index is 589. The lowest BCUT2D eigenvalue weighted by Crippen LogP contribution is -2.36. The number of Topliss-reactive ketones (excluding diaryl/α,β-unsaturated/α-hetero) is 1. The van der Waals surface area contributed by atoms with Crippen molar-refractivity contribution in [2.45, 2.75) is 72.8 Å². The average Bonchev–Trinajstić information content (AvgIpc) is 2.57. The van der Waals surface area contributed by atoms with Gasteiger partial charge in [-0.3, -0.25) is 4.79 Å². The van der Waals surface area contributed by atoms with Crippen molar-refractivity contribution >= 4 is 5.78 Å². The highest BCUT2D eigenvalue weighted by molar-refractivity contribution is 5.96. The van der Waals surface area contributed by atoms with Crippen molar-refractivity contribution in [3.8, 4) is 0 Å². The third-order valence-corrected chi connectivity index (χ3v) is 5.14. The quantitative estimate of drug-likeness (QED) is 0.551. The first kappa shape index (κ1) is 22.4. The van der Waals surface area contributed by atoms with Gasteiger partial charge in [-0.1, -0.05) is 41.9 Å². The van der Waals surface area contributed by atoms with Crippen LogP contribution in [0.4, 0.5) is 0 Å². The van der Waals surface area contributed by atoms with Crippen LogP contribution >= 0.6 is 0 Å². The summed E-state index contributed by atoms with van der Waals surface area (Å²) in [6, 6.07) is 0. The highest BCUT2D eigenvalue weighted by Crippen LogP contribution is 2.30. The van der Waals surface area contributed by atoms with Crippen LogP contribution in [0.5, 0.6) is 0 Å². The topological polar surface area (TPSA) is 46.5 Å². The van der Waals surface area contributed by atoms with Crippen LogP contribution in [0.15, 0.2) is 46.8 Å². The van der Waals surface area contributed by atoms with E-state index >= 15 is 0 Å².